The number of aliphatic hydroxyl groups excluding tert-OH is 1. The summed E-state index contributed by atoms with van der Waals surface area (Å²) < 4.78 is 4.69. The molecule has 2 aromatic rings. The summed E-state index contributed by atoms with van der Waals surface area (Å²) in [6.45, 7) is -0.198. The summed E-state index contributed by atoms with van der Waals surface area (Å²) in [7, 11) is 0. The molecule has 0 aliphatic rings. The summed E-state index contributed by atoms with van der Waals surface area (Å²) in [4.78, 5) is 15.4. The average molecular weight is 232 g/mol. The van der Waals surface area contributed by atoms with Gasteiger partial charge < -0.3 is 9.84 Å². The lowest BCUT2D eigenvalue weighted by Crippen LogP contribution is -2.15. The van der Waals surface area contributed by atoms with Crippen LogP contribution in [0.25, 0.3) is 10.9 Å². The zero-order chi connectivity index (χ0) is 12.1. The van der Waals surface area contributed by atoms with E-state index in [9.17, 15) is 4.79 Å². The third-order valence-corrected chi connectivity index (χ3v) is 2.17. The Morgan fingerprint density at radius 3 is 3.12 bits per heavy atom. The number of aliphatic hydroxyl groups is 1. The first-order valence-corrected chi connectivity index (χ1v) is 5.19. The van der Waals surface area contributed by atoms with E-state index in [-0.39, 0.29) is 13.2 Å². The van der Waals surface area contributed by atoms with Gasteiger partial charge in [0.2, 0.25) is 0 Å². The molecular formula is C12H12N2O3. The van der Waals surface area contributed by atoms with Crippen molar-refractivity contribution in [2.75, 3.05) is 18.5 Å². The molecule has 0 atom stereocenters. The molecule has 1 amide bonds. The van der Waals surface area contributed by atoms with Gasteiger partial charge in [0.25, 0.3) is 0 Å². The van der Waals surface area contributed by atoms with Crippen LogP contribution in [-0.4, -0.2) is 29.4 Å². The molecular weight excluding hydrogens is 220 g/mol. The van der Waals surface area contributed by atoms with Gasteiger partial charge in [0.05, 0.1) is 12.1 Å². The number of nitrogens with one attached hydrogen (secondary N) is 1. The summed E-state index contributed by atoms with van der Waals surface area (Å²) in [5, 5.41) is 12.0. The molecule has 88 valence electrons. The van der Waals surface area contributed by atoms with Gasteiger partial charge >= 0.3 is 6.09 Å². The molecule has 0 unspecified atom stereocenters. The van der Waals surface area contributed by atoms with E-state index >= 15 is 0 Å². The fourth-order valence-corrected chi connectivity index (χ4v) is 1.45. The van der Waals surface area contributed by atoms with Gasteiger partial charge in [0.15, 0.2) is 0 Å². The predicted molar refractivity (Wildman–Crippen MR) is 63.8 cm³/mol. The number of amides is 1. The van der Waals surface area contributed by atoms with Crippen molar-refractivity contribution in [1.29, 1.82) is 0 Å². The first-order valence-electron chi connectivity index (χ1n) is 5.19. The van der Waals surface area contributed by atoms with Gasteiger partial charge in [0, 0.05) is 17.3 Å². The third kappa shape index (κ3) is 2.92. The smallest absolute Gasteiger partial charge is 0.411 e. The first-order chi connectivity index (χ1) is 8.29. The highest BCUT2D eigenvalue weighted by Gasteiger charge is 2.03. The number of anilines is 1. The first kappa shape index (κ1) is 11.3. The second-order valence-corrected chi connectivity index (χ2v) is 3.40. The maximum Gasteiger partial charge on any atom is 0.411 e. The standard InChI is InChI=1S/C12H12N2O3/c15-6-7-17-12(16)14-10-3-4-11-9(8-10)2-1-5-13-11/h1-5,8,15H,6-7H2,(H,14,16). The Hall–Kier alpha value is -2.14. The molecule has 0 spiro atoms. The number of fused-ring (bicyclic) bond motifs is 1. The number of aromatic nitrogens is 1. The molecule has 0 fully saturated rings. The number of rotatable bonds is 3. The molecule has 0 saturated carbocycles. The topological polar surface area (TPSA) is 71.5 Å². The Labute approximate surface area is 98.0 Å². The number of hydrogen-bond acceptors (Lipinski definition) is 4. The molecule has 1 aromatic carbocycles. The van der Waals surface area contributed by atoms with Crippen LogP contribution in [0, 0.1) is 0 Å². The van der Waals surface area contributed by atoms with E-state index < -0.39 is 6.09 Å². The number of hydrogen-bond donors (Lipinski definition) is 2. The summed E-state index contributed by atoms with van der Waals surface area (Å²) in [5.74, 6) is 0. The van der Waals surface area contributed by atoms with Crippen molar-refractivity contribution in [2.24, 2.45) is 0 Å². The van der Waals surface area contributed by atoms with E-state index in [1.807, 2.05) is 24.3 Å². The summed E-state index contributed by atoms with van der Waals surface area (Å²) in [5.41, 5.74) is 1.50. The molecule has 2 rings (SSSR count). The quantitative estimate of drug-likeness (QED) is 0.846. The summed E-state index contributed by atoms with van der Waals surface area (Å²) >= 11 is 0. The van der Waals surface area contributed by atoms with Gasteiger partial charge in [-0.1, -0.05) is 6.07 Å². The van der Waals surface area contributed by atoms with Crippen molar-refractivity contribution >= 4 is 22.7 Å². The molecule has 2 N–H and O–H groups in total. The number of nitrogens with zero attached hydrogens (tertiary/aromatic N) is 1. The number of pyridine rings is 1. The molecule has 17 heavy (non-hydrogen) atoms. The van der Waals surface area contributed by atoms with Crippen LogP contribution in [-0.2, 0) is 4.74 Å². The highest BCUT2D eigenvalue weighted by molar-refractivity contribution is 5.89. The fraction of sp³-hybridized carbons (Fsp3) is 0.167. The Kier molecular flexibility index (Phi) is 3.52. The van der Waals surface area contributed by atoms with E-state index in [4.69, 9.17) is 9.84 Å². The highest BCUT2D eigenvalue weighted by Crippen LogP contribution is 2.16. The molecule has 5 heteroatoms. The largest absolute Gasteiger partial charge is 0.447 e. The van der Waals surface area contributed by atoms with Gasteiger partial charge in [-0.3, -0.25) is 10.3 Å². The molecule has 0 aliphatic heterocycles. The Bertz CT molecular complexity index is 528. The van der Waals surface area contributed by atoms with Gasteiger partial charge in [-0.25, -0.2) is 4.79 Å². The number of benzene rings is 1. The Morgan fingerprint density at radius 2 is 2.29 bits per heavy atom. The fourth-order valence-electron chi connectivity index (χ4n) is 1.45. The monoisotopic (exact) mass is 232 g/mol. The lowest BCUT2D eigenvalue weighted by molar-refractivity contribution is 0.131. The second-order valence-electron chi connectivity index (χ2n) is 3.40. The van der Waals surface area contributed by atoms with Crippen LogP contribution in [0.2, 0.25) is 0 Å². The molecule has 0 bridgehead atoms. The zero-order valence-corrected chi connectivity index (χ0v) is 9.09. The van der Waals surface area contributed by atoms with E-state index in [2.05, 4.69) is 10.3 Å². The lowest BCUT2D eigenvalue weighted by atomic mass is 10.2. The second kappa shape index (κ2) is 5.27. The van der Waals surface area contributed by atoms with Crippen LogP contribution in [0.5, 0.6) is 0 Å². The van der Waals surface area contributed by atoms with Gasteiger partial charge in [-0.15, -0.1) is 0 Å². The number of ether oxygens (including phenoxy) is 1. The number of carbonyl (C=O) groups is 1. The van der Waals surface area contributed by atoms with Crippen LogP contribution < -0.4 is 5.32 Å². The lowest BCUT2D eigenvalue weighted by Gasteiger charge is -2.06. The molecule has 1 heterocycles. The zero-order valence-electron chi connectivity index (χ0n) is 9.09. The SMILES string of the molecule is O=C(Nc1ccc2ncccc2c1)OCCO. The van der Waals surface area contributed by atoms with Crippen LogP contribution in [0.15, 0.2) is 36.5 Å². The highest BCUT2D eigenvalue weighted by atomic mass is 16.6. The Morgan fingerprint density at radius 1 is 1.41 bits per heavy atom. The molecule has 5 nitrogen and oxygen atoms in total. The maximum absolute atomic E-state index is 11.2. The van der Waals surface area contributed by atoms with Crippen LogP contribution in [0.1, 0.15) is 0 Å². The van der Waals surface area contributed by atoms with Crippen molar-refractivity contribution in [3.63, 3.8) is 0 Å². The van der Waals surface area contributed by atoms with Crippen molar-refractivity contribution in [1.82, 2.24) is 4.98 Å². The van der Waals surface area contributed by atoms with Crippen molar-refractivity contribution in [3.05, 3.63) is 36.5 Å². The van der Waals surface area contributed by atoms with Crippen LogP contribution in [0.4, 0.5) is 10.5 Å². The molecule has 0 aliphatic carbocycles. The van der Waals surface area contributed by atoms with Crippen molar-refractivity contribution in [2.45, 2.75) is 0 Å². The summed E-state index contributed by atoms with van der Waals surface area (Å²) in [6, 6.07) is 9.11. The molecule has 0 saturated heterocycles. The van der Waals surface area contributed by atoms with E-state index in [1.54, 1.807) is 12.3 Å². The van der Waals surface area contributed by atoms with Crippen molar-refractivity contribution in [3.8, 4) is 0 Å². The van der Waals surface area contributed by atoms with E-state index in [0.29, 0.717) is 5.69 Å². The minimum atomic E-state index is -0.581. The maximum atomic E-state index is 11.2. The minimum absolute atomic E-state index is 0.0129. The average Bonchev–Trinajstić information content (AvgIpc) is 2.36. The Balaban J connectivity index is 2.11. The predicted octanol–water partition coefficient (Wildman–Crippen LogP) is 1.78. The van der Waals surface area contributed by atoms with Crippen LogP contribution >= 0.6 is 0 Å². The van der Waals surface area contributed by atoms with E-state index in [1.165, 1.54) is 0 Å². The molecule has 0 radical (unpaired) electrons. The van der Waals surface area contributed by atoms with Gasteiger partial charge in [-0.05, 0) is 24.3 Å². The third-order valence-electron chi connectivity index (χ3n) is 2.17. The summed E-state index contributed by atoms with van der Waals surface area (Å²) in [6.07, 6.45) is 1.13. The van der Waals surface area contributed by atoms with Crippen LogP contribution in [0.3, 0.4) is 0 Å². The van der Waals surface area contributed by atoms with Gasteiger partial charge in [0.1, 0.15) is 6.61 Å². The minimum Gasteiger partial charge on any atom is -0.447 e. The molecule has 1 aromatic heterocycles. The van der Waals surface area contributed by atoms with Crippen molar-refractivity contribution < 1.29 is 14.6 Å². The van der Waals surface area contributed by atoms with E-state index in [0.717, 1.165) is 10.9 Å². The van der Waals surface area contributed by atoms with Gasteiger partial charge in [-0.2, -0.15) is 0 Å². The number of carbonyl (C=O) groups excluding carboxylic acids is 1. The normalized spacial score (nSPS) is 10.2.